The minimum atomic E-state index is -0.606. The number of rotatable bonds is 11. The van der Waals surface area contributed by atoms with Gasteiger partial charge in [-0.05, 0) is 27.7 Å². The molecule has 24 heavy (non-hydrogen) atoms. The highest BCUT2D eigenvalue weighted by Gasteiger charge is 2.18. The molecular weight excluding hydrogens is 320 g/mol. The Morgan fingerprint density at radius 1 is 0.583 bits per heavy atom. The summed E-state index contributed by atoms with van der Waals surface area (Å²) in [4.78, 5) is 0. The lowest BCUT2D eigenvalue weighted by Gasteiger charge is -2.12. The molecule has 0 saturated carbocycles. The molecule has 0 aliphatic heterocycles. The first-order valence-electron chi connectivity index (χ1n) is 7.60. The molecule has 0 spiro atoms. The number of hydrogen-bond acceptors (Lipinski definition) is 8. The van der Waals surface area contributed by atoms with Crippen LogP contribution in [0.15, 0.2) is 47.1 Å². The van der Waals surface area contributed by atoms with Crippen LogP contribution in [0.4, 0.5) is 0 Å². The van der Waals surface area contributed by atoms with Gasteiger partial charge in [-0.3, -0.25) is 0 Å². The quantitative estimate of drug-likeness (QED) is 0.332. The minimum absolute atomic E-state index is 0.127. The van der Waals surface area contributed by atoms with E-state index < -0.39 is 23.8 Å². The van der Waals surface area contributed by atoms with Crippen molar-refractivity contribution < 1.29 is 39.4 Å². The topological polar surface area (TPSA) is 118 Å². The van der Waals surface area contributed by atoms with Crippen LogP contribution in [0.3, 0.4) is 0 Å². The molecule has 0 aliphatic carbocycles. The maximum atomic E-state index is 10.0. The van der Waals surface area contributed by atoms with Crippen LogP contribution in [0.5, 0.6) is 0 Å². The number of allylic oxidation sites excluding steroid dienone is 4. The molecule has 8 nitrogen and oxygen atoms in total. The van der Waals surface area contributed by atoms with Gasteiger partial charge in [0.15, 0.2) is 0 Å². The molecule has 0 radical (unpaired) electrons. The van der Waals surface area contributed by atoms with E-state index in [0.717, 1.165) is 12.2 Å². The highest BCUT2D eigenvalue weighted by molar-refractivity contribution is 5.47. The van der Waals surface area contributed by atoms with Gasteiger partial charge in [0.2, 0.25) is 0 Å². The van der Waals surface area contributed by atoms with E-state index in [1.807, 2.05) is 0 Å². The zero-order chi connectivity index (χ0) is 18.5. The van der Waals surface area contributed by atoms with Gasteiger partial charge in [-0.15, -0.1) is 0 Å². The molecule has 0 bridgehead atoms. The highest BCUT2D eigenvalue weighted by atomic mass is 16.6. The standard InChI is InChI=1S/C16H26O8/c1-5-21-13(17)9-11(15(19)23-7-3)12(16(20)24-8-4)10-14(18)22-6-2/h9-10,17-20H,5-8H2,1-4H3. The summed E-state index contributed by atoms with van der Waals surface area (Å²) >= 11 is 0. The lowest BCUT2D eigenvalue weighted by molar-refractivity contribution is 0.0857. The minimum Gasteiger partial charge on any atom is -0.481 e. The highest BCUT2D eigenvalue weighted by Crippen LogP contribution is 2.24. The summed E-state index contributed by atoms with van der Waals surface area (Å²) in [5, 5.41) is 39.5. The Labute approximate surface area is 141 Å². The molecule has 0 aromatic rings. The fourth-order valence-electron chi connectivity index (χ4n) is 1.56. The SMILES string of the molecule is CCOC(O)=CC(=C(O)OCC)C(C=C(O)OCC)=C(O)OCC. The Bertz CT molecular complexity index is 456. The van der Waals surface area contributed by atoms with Crippen molar-refractivity contribution in [3.05, 3.63) is 47.1 Å². The molecule has 0 atom stereocenters. The summed E-state index contributed by atoms with van der Waals surface area (Å²) in [6, 6.07) is 0. The maximum absolute atomic E-state index is 10.0. The van der Waals surface area contributed by atoms with E-state index in [1.54, 1.807) is 27.7 Å². The second-order valence-electron chi connectivity index (χ2n) is 4.13. The maximum Gasteiger partial charge on any atom is 0.285 e. The summed E-state index contributed by atoms with van der Waals surface area (Å²) < 4.78 is 19.8. The van der Waals surface area contributed by atoms with Crippen molar-refractivity contribution in [2.24, 2.45) is 0 Å². The second kappa shape index (κ2) is 11.9. The molecule has 4 N–H and O–H groups in total. The smallest absolute Gasteiger partial charge is 0.285 e. The van der Waals surface area contributed by atoms with Gasteiger partial charge in [0.1, 0.15) is 0 Å². The largest absolute Gasteiger partial charge is 0.481 e. The Morgan fingerprint density at radius 2 is 0.875 bits per heavy atom. The molecule has 0 aliphatic rings. The summed E-state index contributed by atoms with van der Waals surface area (Å²) in [7, 11) is 0. The molecule has 8 heteroatoms. The van der Waals surface area contributed by atoms with Crippen LogP contribution >= 0.6 is 0 Å². The Morgan fingerprint density at radius 3 is 1.12 bits per heavy atom. The fourth-order valence-corrected chi connectivity index (χ4v) is 1.56. The molecule has 0 amide bonds. The lowest BCUT2D eigenvalue weighted by Crippen LogP contribution is -2.05. The van der Waals surface area contributed by atoms with Gasteiger partial charge in [-0.25, -0.2) is 0 Å². The molecule has 138 valence electrons. The van der Waals surface area contributed by atoms with E-state index >= 15 is 0 Å². The van der Waals surface area contributed by atoms with Crippen molar-refractivity contribution in [3.63, 3.8) is 0 Å². The van der Waals surface area contributed by atoms with Crippen LogP contribution in [-0.4, -0.2) is 46.9 Å². The monoisotopic (exact) mass is 346 g/mol. The van der Waals surface area contributed by atoms with E-state index in [9.17, 15) is 20.4 Å². The number of hydrogen-bond donors (Lipinski definition) is 4. The first-order valence-corrected chi connectivity index (χ1v) is 7.60. The van der Waals surface area contributed by atoms with Crippen molar-refractivity contribution >= 4 is 0 Å². The van der Waals surface area contributed by atoms with Crippen molar-refractivity contribution in [1.29, 1.82) is 0 Å². The molecule has 0 saturated heterocycles. The van der Waals surface area contributed by atoms with Crippen molar-refractivity contribution in [2.45, 2.75) is 27.7 Å². The molecule has 0 unspecified atom stereocenters. The summed E-state index contributed by atoms with van der Waals surface area (Å²) in [5.74, 6) is -2.26. The molecule has 0 fully saturated rings. The van der Waals surface area contributed by atoms with E-state index in [1.165, 1.54) is 0 Å². The number of aliphatic hydroxyl groups is 4. The Kier molecular flexibility index (Phi) is 10.6. The lowest BCUT2D eigenvalue weighted by atomic mass is 10.1. The van der Waals surface area contributed by atoms with Gasteiger partial charge in [0, 0.05) is 12.2 Å². The van der Waals surface area contributed by atoms with Crippen molar-refractivity contribution in [1.82, 2.24) is 0 Å². The molecular formula is C16H26O8. The van der Waals surface area contributed by atoms with Crippen molar-refractivity contribution in [3.8, 4) is 0 Å². The third-order valence-corrected chi connectivity index (χ3v) is 2.43. The Balaban J connectivity index is 6.19. The molecule has 0 heterocycles. The summed E-state index contributed by atoms with van der Waals surface area (Å²) in [6.07, 6.45) is 2.05. The zero-order valence-electron chi connectivity index (χ0n) is 14.4. The van der Waals surface area contributed by atoms with Gasteiger partial charge in [-0.2, -0.15) is 0 Å². The predicted molar refractivity (Wildman–Crippen MR) is 87.2 cm³/mol. The average molecular weight is 346 g/mol. The van der Waals surface area contributed by atoms with Crippen LogP contribution in [0, 0.1) is 0 Å². The first-order chi connectivity index (χ1) is 11.4. The molecule has 0 aromatic heterocycles. The first kappa shape index (κ1) is 21.4. The Hall–Kier alpha value is -2.64. The van der Waals surface area contributed by atoms with Gasteiger partial charge < -0.3 is 39.4 Å². The zero-order valence-corrected chi connectivity index (χ0v) is 14.4. The van der Waals surface area contributed by atoms with E-state index in [4.69, 9.17) is 18.9 Å². The van der Waals surface area contributed by atoms with Gasteiger partial charge >= 0.3 is 0 Å². The van der Waals surface area contributed by atoms with Crippen molar-refractivity contribution in [2.75, 3.05) is 26.4 Å². The molecule has 0 rings (SSSR count). The third-order valence-electron chi connectivity index (χ3n) is 2.43. The predicted octanol–water partition coefficient (Wildman–Crippen LogP) is 3.47. The van der Waals surface area contributed by atoms with E-state index in [2.05, 4.69) is 0 Å². The van der Waals surface area contributed by atoms with Crippen LogP contribution in [-0.2, 0) is 18.9 Å². The number of aliphatic hydroxyl groups excluding tert-OH is 4. The van der Waals surface area contributed by atoms with Gasteiger partial charge in [-0.1, -0.05) is 0 Å². The average Bonchev–Trinajstić information content (AvgIpc) is 2.51. The van der Waals surface area contributed by atoms with E-state index in [0.29, 0.717) is 0 Å². The van der Waals surface area contributed by atoms with Gasteiger partial charge in [0.05, 0.1) is 37.6 Å². The van der Waals surface area contributed by atoms with E-state index in [-0.39, 0.29) is 37.6 Å². The van der Waals surface area contributed by atoms with Crippen LogP contribution < -0.4 is 0 Å². The van der Waals surface area contributed by atoms with Crippen LogP contribution in [0.25, 0.3) is 0 Å². The fraction of sp³-hybridized carbons (Fsp3) is 0.500. The summed E-state index contributed by atoms with van der Waals surface area (Å²) in [6.45, 7) is 7.21. The van der Waals surface area contributed by atoms with Crippen LogP contribution in [0.2, 0.25) is 0 Å². The second-order valence-corrected chi connectivity index (χ2v) is 4.13. The third kappa shape index (κ3) is 7.57. The summed E-state index contributed by atoms with van der Waals surface area (Å²) in [5.41, 5.74) is -0.333. The number of ether oxygens (including phenoxy) is 4. The van der Waals surface area contributed by atoms with Gasteiger partial charge in [0.25, 0.3) is 23.8 Å². The van der Waals surface area contributed by atoms with Crippen LogP contribution in [0.1, 0.15) is 27.7 Å². The normalized spacial score (nSPS) is 14.5. The molecule has 0 aromatic carbocycles.